The molecule has 0 atom stereocenters. The lowest BCUT2D eigenvalue weighted by molar-refractivity contribution is 0.0954. The van der Waals surface area contributed by atoms with Crippen molar-refractivity contribution in [3.05, 3.63) is 91.2 Å². The summed E-state index contributed by atoms with van der Waals surface area (Å²) in [5.41, 5.74) is 4.10. The van der Waals surface area contributed by atoms with Gasteiger partial charge in [0.25, 0.3) is 16.8 Å². The number of carbonyl (C=O) groups excluding carboxylic acids is 1. The Hall–Kier alpha value is -3.41. The zero-order valence-electron chi connectivity index (χ0n) is 19.3. The van der Waals surface area contributed by atoms with Crippen LogP contribution in [0.4, 0.5) is 11.4 Å². The van der Waals surface area contributed by atoms with Crippen molar-refractivity contribution in [2.45, 2.75) is 39.7 Å². The van der Waals surface area contributed by atoms with E-state index < -0.39 is 5.43 Å². The van der Waals surface area contributed by atoms with E-state index >= 15 is 0 Å². The zero-order valence-corrected chi connectivity index (χ0v) is 19.3. The number of nitrogens with zero attached hydrogens (tertiary/aromatic N) is 1. The minimum atomic E-state index is -0.437. The van der Waals surface area contributed by atoms with Crippen LogP contribution in [0.5, 0.6) is 0 Å². The summed E-state index contributed by atoms with van der Waals surface area (Å²) in [6.07, 6.45) is 2.86. The highest BCUT2D eigenvalue weighted by atomic mass is 16.2. The van der Waals surface area contributed by atoms with E-state index in [0.29, 0.717) is 35.9 Å². The van der Waals surface area contributed by atoms with Crippen LogP contribution in [-0.2, 0) is 13.0 Å². The summed E-state index contributed by atoms with van der Waals surface area (Å²) in [6, 6.07) is 15.6. The smallest absolute Gasteiger partial charge is 0.253 e. The van der Waals surface area contributed by atoms with Gasteiger partial charge in [0, 0.05) is 31.7 Å². The van der Waals surface area contributed by atoms with E-state index in [1.54, 1.807) is 12.1 Å². The van der Waals surface area contributed by atoms with Crippen molar-refractivity contribution in [1.29, 1.82) is 0 Å². The lowest BCUT2D eigenvalue weighted by atomic mass is 9.98. The topological polar surface area (TPSA) is 78.5 Å². The number of rotatable bonds is 8. The number of anilines is 2. The summed E-state index contributed by atoms with van der Waals surface area (Å²) in [7, 11) is 0. The Balaban J connectivity index is 1.29. The molecule has 6 heteroatoms. The van der Waals surface area contributed by atoms with E-state index in [2.05, 4.69) is 42.7 Å². The second-order valence-electron chi connectivity index (χ2n) is 9.10. The van der Waals surface area contributed by atoms with Crippen molar-refractivity contribution in [2.75, 3.05) is 29.9 Å². The summed E-state index contributed by atoms with van der Waals surface area (Å²) in [6.45, 7) is 6.91. The normalized spacial score (nSPS) is 14.4. The van der Waals surface area contributed by atoms with E-state index in [4.69, 9.17) is 0 Å². The molecule has 3 aromatic carbocycles. The fourth-order valence-electron chi connectivity index (χ4n) is 4.33. The molecule has 6 nitrogen and oxygen atoms in total. The maximum absolute atomic E-state index is 12.4. The second kappa shape index (κ2) is 10.0. The highest BCUT2D eigenvalue weighted by molar-refractivity contribution is 5.94. The molecule has 0 aromatic heterocycles. The summed E-state index contributed by atoms with van der Waals surface area (Å²) < 4.78 is 0. The van der Waals surface area contributed by atoms with Crippen LogP contribution in [0.25, 0.3) is 0 Å². The minimum Gasteiger partial charge on any atom is -0.376 e. The van der Waals surface area contributed by atoms with Crippen molar-refractivity contribution in [3.63, 3.8) is 0 Å². The van der Waals surface area contributed by atoms with Crippen LogP contribution >= 0.6 is 0 Å². The fraction of sp³-hybridized carbons (Fsp3) is 0.370. The molecule has 1 saturated heterocycles. The van der Waals surface area contributed by atoms with E-state index in [1.165, 1.54) is 11.1 Å². The van der Waals surface area contributed by atoms with Crippen molar-refractivity contribution < 1.29 is 4.79 Å². The first kappa shape index (κ1) is 22.8. The second-order valence-corrected chi connectivity index (χ2v) is 9.10. The Morgan fingerprint density at radius 1 is 1.00 bits per heavy atom. The number of amides is 1. The van der Waals surface area contributed by atoms with Crippen molar-refractivity contribution in [2.24, 2.45) is 5.92 Å². The molecule has 1 amide bonds. The quantitative estimate of drug-likeness (QED) is 0.520. The molecule has 0 radical (unpaired) electrons. The molecular weight excluding hydrogens is 414 g/mol. The van der Waals surface area contributed by atoms with Gasteiger partial charge in [-0.25, -0.2) is 0 Å². The Bertz CT molecular complexity index is 1180. The molecule has 1 fully saturated rings. The molecule has 3 aromatic rings. The van der Waals surface area contributed by atoms with Gasteiger partial charge in [0.15, 0.2) is 0 Å². The summed E-state index contributed by atoms with van der Waals surface area (Å²) >= 11 is 0. The standard InChI is InChI=1S/C27H31N3O3/c1-18-11-14-30(15-12-18)24-23(25(31)26(24)32)29-17-21-6-8-22(9-7-21)27(33)28-13-10-20-5-3-4-19(2)16-20/h3-9,16,18,29H,10-15,17H2,1-2H3,(H,28,33). The SMILES string of the molecule is Cc1cccc(CCNC(=O)c2ccc(CNc3c(N4CCC(C)CC4)c(=O)c3=O)cc2)c1. The highest BCUT2D eigenvalue weighted by Crippen LogP contribution is 2.26. The monoisotopic (exact) mass is 445 g/mol. The number of benzene rings is 2. The molecule has 33 heavy (non-hydrogen) atoms. The van der Waals surface area contributed by atoms with E-state index in [-0.39, 0.29) is 11.3 Å². The van der Waals surface area contributed by atoms with E-state index in [0.717, 1.165) is 37.9 Å². The Morgan fingerprint density at radius 3 is 2.42 bits per heavy atom. The molecule has 1 aliphatic heterocycles. The lowest BCUT2D eigenvalue weighted by Gasteiger charge is -2.33. The third kappa shape index (κ3) is 5.33. The van der Waals surface area contributed by atoms with Crippen molar-refractivity contribution in [3.8, 4) is 0 Å². The van der Waals surface area contributed by atoms with Gasteiger partial charge in [-0.2, -0.15) is 0 Å². The number of hydrogen-bond acceptors (Lipinski definition) is 5. The predicted molar refractivity (Wildman–Crippen MR) is 133 cm³/mol. The van der Waals surface area contributed by atoms with Crippen LogP contribution in [-0.4, -0.2) is 25.5 Å². The van der Waals surface area contributed by atoms with Crippen molar-refractivity contribution >= 4 is 17.3 Å². The highest BCUT2D eigenvalue weighted by Gasteiger charge is 2.28. The van der Waals surface area contributed by atoms with Gasteiger partial charge >= 0.3 is 0 Å². The summed E-state index contributed by atoms with van der Waals surface area (Å²) in [5.74, 6) is 0.550. The number of hydrogen-bond donors (Lipinski definition) is 2. The van der Waals surface area contributed by atoms with Gasteiger partial charge in [0.05, 0.1) is 0 Å². The van der Waals surface area contributed by atoms with Crippen LogP contribution < -0.4 is 26.4 Å². The van der Waals surface area contributed by atoms with Crippen LogP contribution in [0, 0.1) is 12.8 Å². The Kier molecular flexibility index (Phi) is 6.92. The number of nitrogens with one attached hydrogen (secondary N) is 2. The maximum Gasteiger partial charge on any atom is 0.253 e. The Labute approximate surface area is 194 Å². The van der Waals surface area contributed by atoms with Crippen LogP contribution in [0.15, 0.2) is 58.1 Å². The molecule has 2 N–H and O–H groups in total. The van der Waals surface area contributed by atoms with Gasteiger partial charge in [-0.3, -0.25) is 14.4 Å². The largest absolute Gasteiger partial charge is 0.376 e. The zero-order chi connectivity index (χ0) is 23.4. The van der Waals surface area contributed by atoms with Gasteiger partial charge in [0.1, 0.15) is 11.4 Å². The van der Waals surface area contributed by atoms with E-state index in [9.17, 15) is 14.4 Å². The van der Waals surface area contributed by atoms with Gasteiger partial charge in [0.2, 0.25) is 0 Å². The number of aryl methyl sites for hydroxylation is 1. The third-order valence-corrected chi connectivity index (χ3v) is 6.45. The average Bonchev–Trinajstić information content (AvgIpc) is 2.82. The molecule has 4 rings (SSSR count). The molecule has 0 unspecified atom stereocenters. The van der Waals surface area contributed by atoms with Gasteiger partial charge in [-0.1, -0.05) is 48.9 Å². The first-order valence-electron chi connectivity index (χ1n) is 11.7. The molecule has 1 aliphatic rings. The summed E-state index contributed by atoms with van der Waals surface area (Å²) in [5, 5.41) is 6.11. The minimum absolute atomic E-state index is 0.105. The molecular formula is C27H31N3O3. The maximum atomic E-state index is 12.4. The first-order valence-corrected chi connectivity index (χ1v) is 11.7. The number of piperidine rings is 1. The molecule has 0 aliphatic carbocycles. The van der Waals surface area contributed by atoms with Crippen LogP contribution in [0.2, 0.25) is 0 Å². The summed E-state index contributed by atoms with van der Waals surface area (Å²) in [4.78, 5) is 38.7. The van der Waals surface area contributed by atoms with Crippen molar-refractivity contribution in [1.82, 2.24) is 5.32 Å². The lowest BCUT2D eigenvalue weighted by Crippen LogP contribution is -2.45. The average molecular weight is 446 g/mol. The predicted octanol–water partition coefficient (Wildman–Crippen LogP) is 3.41. The van der Waals surface area contributed by atoms with Gasteiger partial charge in [-0.05, 0) is 55.4 Å². The van der Waals surface area contributed by atoms with E-state index in [1.807, 2.05) is 23.1 Å². The molecule has 0 spiro atoms. The fourth-order valence-corrected chi connectivity index (χ4v) is 4.33. The van der Waals surface area contributed by atoms with Gasteiger partial charge < -0.3 is 15.5 Å². The van der Waals surface area contributed by atoms with Gasteiger partial charge in [-0.15, -0.1) is 0 Å². The molecule has 172 valence electrons. The first-order chi connectivity index (χ1) is 15.9. The Morgan fingerprint density at radius 2 is 1.73 bits per heavy atom. The van der Waals surface area contributed by atoms with Crippen LogP contribution in [0.1, 0.15) is 46.8 Å². The molecule has 1 heterocycles. The molecule has 0 bridgehead atoms. The number of carbonyl (C=O) groups is 1. The third-order valence-electron chi connectivity index (χ3n) is 6.45. The van der Waals surface area contributed by atoms with Crippen LogP contribution in [0.3, 0.4) is 0 Å². The molecule has 0 saturated carbocycles.